The van der Waals surface area contributed by atoms with Crippen molar-refractivity contribution < 1.29 is 24.2 Å². The lowest BCUT2D eigenvalue weighted by Gasteiger charge is -2.36. The van der Waals surface area contributed by atoms with E-state index in [0.29, 0.717) is 24.9 Å². The van der Waals surface area contributed by atoms with Crippen LogP contribution in [0.4, 0.5) is 4.79 Å². The van der Waals surface area contributed by atoms with Crippen LogP contribution in [0.15, 0.2) is 24.3 Å². The topological polar surface area (TPSA) is 108 Å². The Hall–Kier alpha value is -2.77. The molecule has 0 aliphatic carbocycles. The standard InChI is InChI=1S/C30H51N3O5/c1-9-11-12-13-14-17-20-33(26(27(35)31-21(3)4)23-18-15-16-19-24(23)34)28(36)25(22(5)10-2)32-29(37)38-30(6,7)8/h15-16,18-19,21-22,25-26,34H,9-14,17,20H2,1-8H3,(H,31,35)(H,32,37). The van der Waals surface area contributed by atoms with Gasteiger partial charge in [0, 0.05) is 18.2 Å². The summed E-state index contributed by atoms with van der Waals surface area (Å²) in [5, 5.41) is 16.4. The molecule has 3 N–H and O–H groups in total. The number of aromatic hydroxyl groups is 1. The molecule has 3 unspecified atom stereocenters. The van der Waals surface area contributed by atoms with Crippen LogP contribution in [-0.4, -0.2) is 52.1 Å². The van der Waals surface area contributed by atoms with Crippen molar-refractivity contribution in [2.24, 2.45) is 5.92 Å². The number of rotatable bonds is 15. The maximum atomic E-state index is 14.2. The lowest BCUT2D eigenvalue weighted by Crippen LogP contribution is -2.55. The summed E-state index contributed by atoms with van der Waals surface area (Å²) < 4.78 is 5.45. The number of amides is 3. The molecule has 216 valence electrons. The molecule has 0 bridgehead atoms. The molecule has 1 rings (SSSR count). The Morgan fingerprint density at radius 1 is 0.947 bits per heavy atom. The van der Waals surface area contributed by atoms with Crippen molar-refractivity contribution in [3.63, 3.8) is 0 Å². The maximum absolute atomic E-state index is 14.2. The summed E-state index contributed by atoms with van der Waals surface area (Å²) >= 11 is 0. The van der Waals surface area contributed by atoms with Crippen LogP contribution in [0.3, 0.4) is 0 Å². The number of hydrogen-bond acceptors (Lipinski definition) is 5. The quantitative estimate of drug-likeness (QED) is 0.237. The summed E-state index contributed by atoms with van der Waals surface area (Å²) in [6.45, 7) is 15.3. The lowest BCUT2D eigenvalue weighted by atomic mass is 9.95. The number of nitrogens with zero attached hydrogens (tertiary/aromatic N) is 1. The minimum Gasteiger partial charge on any atom is -0.508 e. The molecule has 0 aliphatic rings. The van der Waals surface area contributed by atoms with Crippen molar-refractivity contribution in [3.05, 3.63) is 29.8 Å². The molecule has 0 spiro atoms. The Labute approximate surface area is 229 Å². The minimum absolute atomic E-state index is 0.0580. The number of alkyl carbamates (subject to hydrolysis) is 1. The fourth-order valence-corrected chi connectivity index (χ4v) is 4.26. The molecular weight excluding hydrogens is 482 g/mol. The number of para-hydroxylation sites is 1. The zero-order chi connectivity index (χ0) is 28.9. The predicted molar refractivity (Wildman–Crippen MR) is 152 cm³/mol. The number of nitrogens with one attached hydrogen (secondary N) is 2. The highest BCUT2D eigenvalue weighted by atomic mass is 16.6. The summed E-state index contributed by atoms with van der Waals surface area (Å²) in [7, 11) is 0. The highest BCUT2D eigenvalue weighted by Crippen LogP contribution is 2.31. The molecule has 8 nitrogen and oxygen atoms in total. The molecule has 1 aromatic carbocycles. The fraction of sp³-hybridized carbons (Fsp3) is 0.700. The summed E-state index contributed by atoms with van der Waals surface area (Å²) in [5.41, 5.74) is -0.369. The molecule has 0 aromatic heterocycles. The van der Waals surface area contributed by atoms with Crippen molar-refractivity contribution in [2.75, 3.05) is 6.54 Å². The van der Waals surface area contributed by atoms with E-state index in [1.54, 1.807) is 39.0 Å². The van der Waals surface area contributed by atoms with Crippen LogP contribution in [0.1, 0.15) is 112 Å². The average molecular weight is 534 g/mol. The zero-order valence-electron chi connectivity index (χ0n) is 24.8. The van der Waals surface area contributed by atoms with Crippen molar-refractivity contribution in [1.29, 1.82) is 0 Å². The molecule has 3 amide bonds. The highest BCUT2D eigenvalue weighted by Gasteiger charge is 2.38. The van der Waals surface area contributed by atoms with Crippen LogP contribution in [0.2, 0.25) is 0 Å². The molecule has 0 fully saturated rings. The molecule has 38 heavy (non-hydrogen) atoms. The summed E-state index contributed by atoms with van der Waals surface area (Å²) in [6, 6.07) is 4.51. The van der Waals surface area contributed by atoms with Gasteiger partial charge < -0.3 is 25.4 Å². The van der Waals surface area contributed by atoms with E-state index < -0.39 is 23.8 Å². The van der Waals surface area contributed by atoms with Gasteiger partial charge in [0.05, 0.1) is 0 Å². The fourth-order valence-electron chi connectivity index (χ4n) is 4.26. The monoisotopic (exact) mass is 533 g/mol. The number of phenols is 1. The average Bonchev–Trinajstić information content (AvgIpc) is 2.82. The van der Waals surface area contributed by atoms with Crippen LogP contribution in [-0.2, 0) is 14.3 Å². The largest absolute Gasteiger partial charge is 0.508 e. The molecule has 0 saturated carbocycles. The summed E-state index contributed by atoms with van der Waals surface area (Å²) in [4.78, 5) is 42.0. The Morgan fingerprint density at radius 2 is 1.55 bits per heavy atom. The van der Waals surface area contributed by atoms with E-state index >= 15 is 0 Å². The number of carbonyl (C=O) groups excluding carboxylic acids is 3. The van der Waals surface area contributed by atoms with Gasteiger partial charge in [0.25, 0.3) is 0 Å². The van der Waals surface area contributed by atoms with Gasteiger partial charge in [0.1, 0.15) is 23.4 Å². The van der Waals surface area contributed by atoms with Crippen LogP contribution in [0, 0.1) is 5.92 Å². The third-order valence-corrected chi connectivity index (χ3v) is 6.41. The van der Waals surface area contributed by atoms with Crippen molar-refractivity contribution >= 4 is 17.9 Å². The summed E-state index contributed by atoms with van der Waals surface area (Å²) in [5.74, 6) is -1.01. The van der Waals surface area contributed by atoms with Crippen LogP contribution < -0.4 is 10.6 Å². The van der Waals surface area contributed by atoms with Gasteiger partial charge in [-0.1, -0.05) is 77.5 Å². The third-order valence-electron chi connectivity index (χ3n) is 6.41. The number of unbranched alkanes of at least 4 members (excludes halogenated alkanes) is 5. The van der Waals surface area contributed by atoms with Gasteiger partial charge in [-0.3, -0.25) is 9.59 Å². The molecule has 3 atom stereocenters. The minimum atomic E-state index is -1.05. The second-order valence-corrected chi connectivity index (χ2v) is 11.4. The lowest BCUT2D eigenvalue weighted by molar-refractivity contribution is -0.143. The number of hydrogen-bond donors (Lipinski definition) is 3. The van der Waals surface area contributed by atoms with Crippen molar-refractivity contribution in [1.82, 2.24) is 15.5 Å². The van der Waals surface area contributed by atoms with Crippen LogP contribution in [0.25, 0.3) is 0 Å². The Morgan fingerprint density at radius 3 is 2.11 bits per heavy atom. The van der Waals surface area contributed by atoms with E-state index in [2.05, 4.69) is 17.6 Å². The second kappa shape index (κ2) is 16.2. The first-order valence-corrected chi connectivity index (χ1v) is 14.2. The van der Waals surface area contributed by atoms with Crippen molar-refractivity contribution in [3.8, 4) is 5.75 Å². The van der Waals surface area contributed by atoms with E-state index in [0.717, 1.165) is 32.1 Å². The number of benzene rings is 1. The molecule has 0 radical (unpaired) electrons. The van der Waals surface area contributed by atoms with Gasteiger partial charge in [0.15, 0.2) is 0 Å². The van der Waals surface area contributed by atoms with Gasteiger partial charge in [-0.05, 0) is 53.0 Å². The highest BCUT2D eigenvalue weighted by molar-refractivity contribution is 5.92. The number of ether oxygens (including phenoxy) is 1. The SMILES string of the molecule is CCCCCCCCN(C(=O)C(NC(=O)OC(C)(C)C)C(C)CC)C(C(=O)NC(C)C)c1ccccc1O. The Balaban J connectivity index is 3.46. The first-order chi connectivity index (χ1) is 17.8. The van der Waals surface area contributed by atoms with Gasteiger partial charge in [-0.2, -0.15) is 0 Å². The smallest absolute Gasteiger partial charge is 0.408 e. The van der Waals surface area contributed by atoms with Gasteiger partial charge in [-0.15, -0.1) is 0 Å². The Kier molecular flexibility index (Phi) is 14.2. The normalized spacial score (nSPS) is 13.9. The van der Waals surface area contributed by atoms with Gasteiger partial charge in [0.2, 0.25) is 11.8 Å². The zero-order valence-corrected chi connectivity index (χ0v) is 24.8. The molecule has 0 heterocycles. The van der Waals surface area contributed by atoms with Crippen LogP contribution in [0.5, 0.6) is 5.75 Å². The third kappa shape index (κ3) is 11.3. The first-order valence-electron chi connectivity index (χ1n) is 14.2. The number of phenolic OH excluding ortho intramolecular Hbond substituents is 1. The van der Waals surface area contributed by atoms with Gasteiger partial charge >= 0.3 is 6.09 Å². The second-order valence-electron chi connectivity index (χ2n) is 11.4. The van der Waals surface area contributed by atoms with Crippen LogP contribution >= 0.6 is 0 Å². The Bertz CT molecular complexity index is 881. The summed E-state index contributed by atoms with van der Waals surface area (Å²) in [6.07, 6.45) is 6.04. The van der Waals surface area contributed by atoms with E-state index in [4.69, 9.17) is 4.74 Å². The van der Waals surface area contributed by atoms with Crippen molar-refractivity contribution in [2.45, 2.75) is 124 Å². The van der Waals surface area contributed by atoms with E-state index in [9.17, 15) is 19.5 Å². The first kappa shape index (κ1) is 33.3. The van der Waals surface area contributed by atoms with E-state index in [1.165, 1.54) is 11.0 Å². The molecule has 0 saturated heterocycles. The molecule has 0 aliphatic heterocycles. The van der Waals surface area contributed by atoms with E-state index in [-0.39, 0.29) is 29.5 Å². The molecule has 8 heteroatoms. The molecule has 1 aromatic rings. The predicted octanol–water partition coefficient (Wildman–Crippen LogP) is 6.09. The van der Waals surface area contributed by atoms with E-state index in [1.807, 2.05) is 27.7 Å². The number of carbonyl (C=O) groups is 3. The maximum Gasteiger partial charge on any atom is 0.408 e. The molecular formula is C30H51N3O5. The van der Waals surface area contributed by atoms with Gasteiger partial charge in [-0.25, -0.2) is 4.79 Å².